The fourth-order valence-corrected chi connectivity index (χ4v) is 1.95. The minimum atomic E-state index is -0.766. The molecule has 3 heteroatoms. The van der Waals surface area contributed by atoms with Crippen LogP contribution in [0.1, 0.15) is 24.0 Å². The minimum absolute atomic E-state index is 0.181. The molecule has 0 bridgehead atoms. The molecule has 70 valence electrons. The molecule has 2 rings (SSSR count). The highest BCUT2D eigenvalue weighted by Gasteiger charge is 2.45. The molecule has 0 aliphatic heterocycles. The molecule has 0 unspecified atom stereocenters. The summed E-state index contributed by atoms with van der Waals surface area (Å²) in [6.45, 7) is 1.90. The van der Waals surface area contributed by atoms with Crippen LogP contribution in [-0.2, 0) is 5.60 Å². The SMILES string of the molecule is Cc1ccc(Br)c(O)c1C1(O)CC1. The van der Waals surface area contributed by atoms with Crippen LogP contribution < -0.4 is 0 Å². The first-order valence-electron chi connectivity index (χ1n) is 4.25. The molecule has 1 aromatic carbocycles. The van der Waals surface area contributed by atoms with Crippen molar-refractivity contribution in [2.45, 2.75) is 25.4 Å². The van der Waals surface area contributed by atoms with E-state index in [-0.39, 0.29) is 5.75 Å². The lowest BCUT2D eigenvalue weighted by Gasteiger charge is -2.14. The van der Waals surface area contributed by atoms with Gasteiger partial charge in [0.15, 0.2) is 0 Å². The summed E-state index contributed by atoms with van der Waals surface area (Å²) in [6, 6.07) is 3.69. The number of hydrogen-bond acceptors (Lipinski definition) is 2. The van der Waals surface area contributed by atoms with Crippen molar-refractivity contribution in [3.63, 3.8) is 0 Å². The molecule has 0 amide bonds. The summed E-state index contributed by atoms with van der Waals surface area (Å²) < 4.78 is 0.647. The number of phenols is 1. The first-order chi connectivity index (χ1) is 6.04. The maximum absolute atomic E-state index is 9.91. The predicted molar refractivity (Wildman–Crippen MR) is 53.7 cm³/mol. The van der Waals surface area contributed by atoms with Gasteiger partial charge in [0, 0.05) is 5.56 Å². The number of hydrogen-bond donors (Lipinski definition) is 2. The lowest BCUT2D eigenvalue weighted by molar-refractivity contribution is 0.147. The third-order valence-corrected chi connectivity index (χ3v) is 3.17. The van der Waals surface area contributed by atoms with Gasteiger partial charge in [0.1, 0.15) is 5.75 Å². The molecular formula is C10H11BrO2. The first-order valence-corrected chi connectivity index (χ1v) is 5.05. The molecule has 0 heterocycles. The highest BCUT2D eigenvalue weighted by Crippen LogP contribution is 2.51. The van der Waals surface area contributed by atoms with E-state index < -0.39 is 5.60 Å². The third-order valence-electron chi connectivity index (χ3n) is 2.53. The van der Waals surface area contributed by atoms with Crippen LogP contribution in [-0.4, -0.2) is 10.2 Å². The number of benzene rings is 1. The average molecular weight is 243 g/mol. The lowest BCUT2D eigenvalue weighted by Crippen LogP contribution is -2.07. The van der Waals surface area contributed by atoms with Crippen molar-refractivity contribution in [3.05, 3.63) is 27.7 Å². The van der Waals surface area contributed by atoms with E-state index in [9.17, 15) is 10.2 Å². The van der Waals surface area contributed by atoms with Crippen molar-refractivity contribution in [3.8, 4) is 5.75 Å². The Balaban J connectivity index is 2.61. The van der Waals surface area contributed by atoms with E-state index in [1.54, 1.807) is 6.07 Å². The molecule has 1 aliphatic carbocycles. The van der Waals surface area contributed by atoms with Crippen LogP contribution in [0.5, 0.6) is 5.75 Å². The number of aromatic hydroxyl groups is 1. The fourth-order valence-electron chi connectivity index (χ4n) is 1.62. The van der Waals surface area contributed by atoms with Gasteiger partial charge >= 0.3 is 0 Å². The van der Waals surface area contributed by atoms with Crippen molar-refractivity contribution in [2.75, 3.05) is 0 Å². The molecular weight excluding hydrogens is 232 g/mol. The van der Waals surface area contributed by atoms with Gasteiger partial charge < -0.3 is 10.2 Å². The summed E-state index contributed by atoms with van der Waals surface area (Å²) in [5.41, 5.74) is 0.861. The first kappa shape index (κ1) is 9.03. The predicted octanol–water partition coefficient (Wildman–Crippen LogP) is 2.44. The van der Waals surface area contributed by atoms with E-state index in [2.05, 4.69) is 15.9 Å². The Labute approximate surface area is 85.3 Å². The van der Waals surface area contributed by atoms with Crippen molar-refractivity contribution in [1.82, 2.24) is 0 Å². The normalized spacial score (nSPS) is 18.7. The Morgan fingerprint density at radius 3 is 2.54 bits per heavy atom. The standard InChI is InChI=1S/C10H11BrO2/c1-6-2-3-7(11)9(12)8(6)10(13)4-5-10/h2-3,12-13H,4-5H2,1H3. The van der Waals surface area contributed by atoms with Gasteiger partial charge in [-0.05, 0) is 47.3 Å². The van der Waals surface area contributed by atoms with Crippen LogP contribution in [0.25, 0.3) is 0 Å². The monoisotopic (exact) mass is 242 g/mol. The lowest BCUT2D eigenvalue weighted by atomic mass is 10.0. The number of rotatable bonds is 1. The fraction of sp³-hybridized carbons (Fsp3) is 0.400. The van der Waals surface area contributed by atoms with Crippen LogP contribution in [0.4, 0.5) is 0 Å². The Bertz CT molecular complexity index is 356. The third kappa shape index (κ3) is 1.36. The number of aliphatic hydroxyl groups is 1. The van der Waals surface area contributed by atoms with Crippen molar-refractivity contribution in [2.24, 2.45) is 0 Å². The molecule has 2 N–H and O–H groups in total. The molecule has 0 saturated heterocycles. The largest absolute Gasteiger partial charge is 0.506 e. The molecule has 1 saturated carbocycles. The molecule has 1 aromatic rings. The summed E-state index contributed by atoms with van der Waals surface area (Å²) >= 11 is 3.24. The van der Waals surface area contributed by atoms with Gasteiger partial charge in [0.05, 0.1) is 10.1 Å². The Morgan fingerprint density at radius 2 is 2.00 bits per heavy atom. The average Bonchev–Trinajstić information content (AvgIpc) is 2.78. The molecule has 0 spiro atoms. The molecule has 0 aromatic heterocycles. The molecule has 13 heavy (non-hydrogen) atoms. The van der Waals surface area contributed by atoms with Crippen molar-refractivity contribution in [1.29, 1.82) is 0 Å². The van der Waals surface area contributed by atoms with E-state index in [0.29, 0.717) is 10.0 Å². The Morgan fingerprint density at radius 1 is 1.38 bits per heavy atom. The van der Waals surface area contributed by atoms with Crippen LogP contribution in [0.2, 0.25) is 0 Å². The topological polar surface area (TPSA) is 40.5 Å². The Hall–Kier alpha value is -0.540. The number of aryl methyl sites for hydroxylation is 1. The van der Waals surface area contributed by atoms with Crippen molar-refractivity contribution >= 4 is 15.9 Å². The molecule has 1 fully saturated rings. The zero-order valence-corrected chi connectivity index (χ0v) is 8.93. The summed E-state index contributed by atoms with van der Waals surface area (Å²) in [6.07, 6.45) is 1.50. The van der Waals surface area contributed by atoms with Gasteiger partial charge in [-0.25, -0.2) is 0 Å². The second-order valence-corrected chi connectivity index (χ2v) is 4.47. The molecule has 0 atom stereocenters. The maximum atomic E-state index is 9.91. The second kappa shape index (κ2) is 2.72. The van der Waals surface area contributed by atoms with Crippen LogP contribution in [0, 0.1) is 6.92 Å². The van der Waals surface area contributed by atoms with E-state index in [4.69, 9.17) is 0 Å². The van der Waals surface area contributed by atoms with Gasteiger partial charge in [-0.15, -0.1) is 0 Å². The highest BCUT2D eigenvalue weighted by molar-refractivity contribution is 9.10. The summed E-state index contributed by atoms with van der Waals surface area (Å²) in [7, 11) is 0. The quantitative estimate of drug-likeness (QED) is 0.795. The maximum Gasteiger partial charge on any atom is 0.136 e. The molecule has 2 nitrogen and oxygen atoms in total. The van der Waals surface area contributed by atoms with Crippen LogP contribution in [0.15, 0.2) is 16.6 Å². The van der Waals surface area contributed by atoms with E-state index >= 15 is 0 Å². The summed E-state index contributed by atoms with van der Waals surface area (Å²) in [4.78, 5) is 0. The van der Waals surface area contributed by atoms with Crippen LogP contribution >= 0.6 is 15.9 Å². The zero-order valence-electron chi connectivity index (χ0n) is 7.34. The number of halogens is 1. The number of phenolic OH excluding ortho intramolecular Hbond substituents is 1. The van der Waals surface area contributed by atoms with Gasteiger partial charge in [-0.2, -0.15) is 0 Å². The minimum Gasteiger partial charge on any atom is -0.506 e. The van der Waals surface area contributed by atoms with Crippen LogP contribution in [0.3, 0.4) is 0 Å². The van der Waals surface area contributed by atoms with Gasteiger partial charge in [0.25, 0.3) is 0 Å². The van der Waals surface area contributed by atoms with E-state index in [0.717, 1.165) is 18.4 Å². The van der Waals surface area contributed by atoms with Gasteiger partial charge in [0.2, 0.25) is 0 Å². The second-order valence-electron chi connectivity index (χ2n) is 3.62. The van der Waals surface area contributed by atoms with Crippen molar-refractivity contribution < 1.29 is 10.2 Å². The summed E-state index contributed by atoms with van der Waals surface area (Å²) in [5.74, 6) is 0.181. The van der Waals surface area contributed by atoms with Gasteiger partial charge in [-0.3, -0.25) is 0 Å². The molecule has 1 aliphatic rings. The van der Waals surface area contributed by atoms with Gasteiger partial charge in [-0.1, -0.05) is 6.07 Å². The molecule has 0 radical (unpaired) electrons. The highest BCUT2D eigenvalue weighted by atomic mass is 79.9. The Kier molecular flexibility index (Phi) is 1.89. The van der Waals surface area contributed by atoms with E-state index in [1.807, 2.05) is 13.0 Å². The van der Waals surface area contributed by atoms with E-state index in [1.165, 1.54) is 0 Å². The summed E-state index contributed by atoms with van der Waals surface area (Å²) in [5, 5.41) is 19.7. The smallest absolute Gasteiger partial charge is 0.136 e. The zero-order chi connectivity index (χ0) is 9.64.